The van der Waals surface area contributed by atoms with Crippen LogP contribution in [0.4, 0.5) is 5.69 Å². The summed E-state index contributed by atoms with van der Waals surface area (Å²) in [6.45, 7) is 2.97. The Hall–Kier alpha value is -2.30. The van der Waals surface area contributed by atoms with Crippen LogP contribution in [-0.4, -0.2) is 47.7 Å². The van der Waals surface area contributed by atoms with Crippen molar-refractivity contribution in [2.24, 2.45) is 5.92 Å². The molecular formula is C19H26N4O. The van der Waals surface area contributed by atoms with Gasteiger partial charge >= 0.3 is 0 Å². The zero-order chi connectivity index (χ0) is 16.8. The highest BCUT2D eigenvalue weighted by Crippen LogP contribution is 2.24. The first-order chi connectivity index (χ1) is 11.7. The van der Waals surface area contributed by atoms with Gasteiger partial charge in [0.15, 0.2) is 0 Å². The Morgan fingerprint density at radius 1 is 1.38 bits per heavy atom. The molecule has 2 aromatic rings. The van der Waals surface area contributed by atoms with Gasteiger partial charge in [-0.1, -0.05) is 18.2 Å². The van der Waals surface area contributed by atoms with E-state index in [-0.39, 0.29) is 5.91 Å². The second kappa shape index (κ2) is 7.99. The van der Waals surface area contributed by atoms with E-state index in [1.165, 1.54) is 11.3 Å². The summed E-state index contributed by atoms with van der Waals surface area (Å²) in [5.74, 6) is 0.810. The second-order valence-electron chi connectivity index (χ2n) is 6.67. The van der Waals surface area contributed by atoms with Gasteiger partial charge < -0.3 is 9.80 Å². The summed E-state index contributed by atoms with van der Waals surface area (Å²) in [5, 5.41) is 6.74. The molecule has 1 aliphatic heterocycles. The highest BCUT2D eigenvalue weighted by Gasteiger charge is 2.24. The lowest BCUT2D eigenvalue weighted by Crippen LogP contribution is -2.33. The maximum Gasteiger partial charge on any atom is 0.222 e. The van der Waals surface area contributed by atoms with E-state index in [9.17, 15) is 4.79 Å². The minimum Gasteiger partial charge on any atom is -0.371 e. The average Bonchev–Trinajstić information content (AvgIpc) is 3.27. The molecule has 128 valence electrons. The van der Waals surface area contributed by atoms with Crippen molar-refractivity contribution in [2.45, 2.75) is 25.7 Å². The highest BCUT2D eigenvalue weighted by atomic mass is 16.2. The molecule has 1 aliphatic rings. The number of nitrogens with zero attached hydrogens (tertiary/aromatic N) is 3. The number of carbonyl (C=O) groups is 1. The van der Waals surface area contributed by atoms with Crippen molar-refractivity contribution in [1.29, 1.82) is 0 Å². The van der Waals surface area contributed by atoms with E-state index in [4.69, 9.17) is 0 Å². The summed E-state index contributed by atoms with van der Waals surface area (Å²) in [4.78, 5) is 16.6. The Bertz CT molecular complexity index is 626. The predicted octanol–water partition coefficient (Wildman–Crippen LogP) is 2.72. The molecule has 1 aromatic carbocycles. The summed E-state index contributed by atoms with van der Waals surface area (Å²) in [6, 6.07) is 10.5. The van der Waals surface area contributed by atoms with Crippen molar-refractivity contribution < 1.29 is 4.79 Å². The minimum atomic E-state index is 0.247. The molecule has 0 spiro atoms. The topological polar surface area (TPSA) is 52.2 Å². The number of nitrogens with one attached hydrogen (secondary N) is 1. The van der Waals surface area contributed by atoms with Crippen LogP contribution in [0.25, 0.3) is 0 Å². The number of aryl methyl sites for hydroxylation is 1. The first kappa shape index (κ1) is 16.6. The van der Waals surface area contributed by atoms with Crippen LogP contribution in [0.5, 0.6) is 0 Å². The predicted molar refractivity (Wildman–Crippen MR) is 95.9 cm³/mol. The van der Waals surface area contributed by atoms with Crippen molar-refractivity contribution in [3.63, 3.8) is 0 Å². The zero-order valence-electron chi connectivity index (χ0n) is 14.3. The molecule has 0 saturated carbocycles. The quantitative estimate of drug-likeness (QED) is 0.851. The molecule has 5 nitrogen and oxygen atoms in total. The summed E-state index contributed by atoms with van der Waals surface area (Å²) < 4.78 is 0. The molecule has 1 amide bonds. The van der Waals surface area contributed by atoms with Crippen molar-refractivity contribution in [2.75, 3.05) is 31.6 Å². The maximum absolute atomic E-state index is 12.3. The van der Waals surface area contributed by atoms with Gasteiger partial charge in [-0.25, -0.2) is 0 Å². The number of hydrogen-bond donors (Lipinski definition) is 1. The van der Waals surface area contributed by atoms with Crippen molar-refractivity contribution in [3.05, 3.63) is 48.3 Å². The van der Waals surface area contributed by atoms with Crippen molar-refractivity contribution >= 4 is 11.6 Å². The molecule has 0 aliphatic carbocycles. The molecule has 0 unspecified atom stereocenters. The van der Waals surface area contributed by atoms with Gasteiger partial charge in [0.05, 0.1) is 6.20 Å². The van der Waals surface area contributed by atoms with Crippen LogP contribution in [0.3, 0.4) is 0 Å². The van der Waals surface area contributed by atoms with Gasteiger partial charge in [-0.3, -0.25) is 9.89 Å². The fourth-order valence-corrected chi connectivity index (χ4v) is 3.39. The molecule has 1 aromatic heterocycles. The van der Waals surface area contributed by atoms with Gasteiger partial charge in [0.1, 0.15) is 0 Å². The first-order valence-electron chi connectivity index (χ1n) is 8.74. The SMILES string of the molecule is CN(C[C@@H]1CCN(c2ccccc2)C1)C(=O)CCCc1cn[nH]c1. The molecule has 1 N–H and O–H groups in total. The van der Waals surface area contributed by atoms with E-state index in [0.29, 0.717) is 12.3 Å². The van der Waals surface area contributed by atoms with Crippen LogP contribution in [0.2, 0.25) is 0 Å². The Labute approximate surface area is 143 Å². The number of benzene rings is 1. The van der Waals surface area contributed by atoms with Gasteiger partial charge in [0, 0.05) is 45.0 Å². The molecule has 3 rings (SSSR count). The van der Waals surface area contributed by atoms with Crippen molar-refractivity contribution in [3.8, 4) is 0 Å². The van der Waals surface area contributed by atoms with Crippen LogP contribution in [0.15, 0.2) is 42.7 Å². The Morgan fingerprint density at radius 3 is 2.96 bits per heavy atom. The van der Waals surface area contributed by atoms with Crippen LogP contribution in [0, 0.1) is 5.92 Å². The highest BCUT2D eigenvalue weighted by molar-refractivity contribution is 5.75. The maximum atomic E-state index is 12.3. The lowest BCUT2D eigenvalue weighted by molar-refractivity contribution is -0.130. The molecule has 0 radical (unpaired) electrons. The standard InChI is InChI=1S/C19H26N4O/c1-22(19(24)9-5-6-16-12-20-21-13-16)14-17-10-11-23(15-17)18-7-3-2-4-8-18/h2-4,7-8,12-13,17H,5-6,9-11,14-15H2,1H3,(H,20,21)/t17-/m0/s1. The zero-order valence-corrected chi connectivity index (χ0v) is 14.3. The number of H-pyrrole nitrogens is 1. The lowest BCUT2D eigenvalue weighted by atomic mass is 10.1. The average molecular weight is 326 g/mol. The molecular weight excluding hydrogens is 300 g/mol. The number of carbonyl (C=O) groups excluding carboxylic acids is 1. The number of rotatable bonds is 7. The minimum absolute atomic E-state index is 0.247. The summed E-state index contributed by atoms with van der Waals surface area (Å²) in [7, 11) is 1.94. The van der Waals surface area contributed by atoms with E-state index in [2.05, 4.69) is 39.4 Å². The summed E-state index contributed by atoms with van der Waals surface area (Å²) in [5.41, 5.74) is 2.45. The Kier molecular flexibility index (Phi) is 5.51. The Balaban J connectivity index is 1.40. The van der Waals surface area contributed by atoms with E-state index in [1.54, 1.807) is 0 Å². The molecule has 5 heteroatoms. The number of para-hydroxylation sites is 1. The van der Waals surface area contributed by atoms with E-state index < -0.39 is 0 Å². The van der Waals surface area contributed by atoms with Crippen LogP contribution >= 0.6 is 0 Å². The van der Waals surface area contributed by atoms with Gasteiger partial charge in [0.25, 0.3) is 0 Å². The number of anilines is 1. The number of hydrogen-bond acceptors (Lipinski definition) is 3. The third kappa shape index (κ3) is 4.37. The van der Waals surface area contributed by atoms with Gasteiger partial charge in [-0.15, -0.1) is 0 Å². The summed E-state index contributed by atoms with van der Waals surface area (Å²) in [6.07, 6.45) is 7.26. The van der Waals surface area contributed by atoms with E-state index >= 15 is 0 Å². The largest absolute Gasteiger partial charge is 0.371 e. The van der Waals surface area contributed by atoms with Gasteiger partial charge in [-0.05, 0) is 42.9 Å². The molecule has 1 fully saturated rings. The Morgan fingerprint density at radius 2 is 2.21 bits per heavy atom. The fourth-order valence-electron chi connectivity index (χ4n) is 3.39. The molecule has 2 heterocycles. The second-order valence-corrected chi connectivity index (χ2v) is 6.67. The van der Waals surface area contributed by atoms with Crippen LogP contribution in [-0.2, 0) is 11.2 Å². The van der Waals surface area contributed by atoms with Gasteiger partial charge in [-0.2, -0.15) is 5.10 Å². The third-order valence-corrected chi connectivity index (χ3v) is 4.78. The molecule has 24 heavy (non-hydrogen) atoms. The lowest BCUT2D eigenvalue weighted by Gasteiger charge is -2.22. The number of aromatic amines is 1. The normalized spacial score (nSPS) is 17.2. The van der Waals surface area contributed by atoms with E-state index in [0.717, 1.165) is 38.9 Å². The molecule has 1 saturated heterocycles. The molecule has 0 bridgehead atoms. The number of aromatic nitrogens is 2. The van der Waals surface area contributed by atoms with Crippen LogP contribution < -0.4 is 4.90 Å². The smallest absolute Gasteiger partial charge is 0.222 e. The van der Waals surface area contributed by atoms with E-state index in [1.807, 2.05) is 30.4 Å². The van der Waals surface area contributed by atoms with Gasteiger partial charge in [0.2, 0.25) is 5.91 Å². The summed E-state index contributed by atoms with van der Waals surface area (Å²) >= 11 is 0. The first-order valence-corrected chi connectivity index (χ1v) is 8.74. The monoisotopic (exact) mass is 326 g/mol. The third-order valence-electron chi connectivity index (χ3n) is 4.78. The van der Waals surface area contributed by atoms with Crippen LogP contribution in [0.1, 0.15) is 24.8 Å². The molecule has 1 atom stereocenters. The number of amides is 1. The van der Waals surface area contributed by atoms with Crippen molar-refractivity contribution in [1.82, 2.24) is 15.1 Å². The fraction of sp³-hybridized carbons (Fsp3) is 0.474.